The molecule has 0 N–H and O–H groups in total. The topological polar surface area (TPSA) is 56.6 Å². The van der Waals surface area contributed by atoms with Gasteiger partial charge in [0.05, 0.1) is 18.8 Å². The molecule has 0 spiro atoms. The summed E-state index contributed by atoms with van der Waals surface area (Å²) >= 11 is 0. The van der Waals surface area contributed by atoms with Gasteiger partial charge in [0.25, 0.3) is 5.91 Å². The summed E-state index contributed by atoms with van der Waals surface area (Å²) in [7, 11) is 2.10. The largest absolute Gasteiger partial charge is 0.378 e. The van der Waals surface area contributed by atoms with Crippen molar-refractivity contribution in [2.75, 3.05) is 38.3 Å². The summed E-state index contributed by atoms with van der Waals surface area (Å²) < 4.78 is 5.29. The Hall–Kier alpha value is -2.58. The number of hydrogen-bond donors (Lipinski definition) is 0. The molecule has 1 aromatic rings. The minimum Gasteiger partial charge on any atom is -0.378 e. The van der Waals surface area contributed by atoms with E-state index in [0.29, 0.717) is 26.3 Å². The second-order valence-corrected chi connectivity index (χ2v) is 7.84. The summed E-state index contributed by atoms with van der Waals surface area (Å²) in [6.07, 6.45) is 3.97. The van der Waals surface area contributed by atoms with E-state index in [1.807, 2.05) is 6.92 Å². The van der Waals surface area contributed by atoms with Crippen LogP contribution in [0.25, 0.3) is 11.6 Å². The number of hydrogen-bond acceptors (Lipinski definition) is 4. The SMILES string of the molecule is CC1=CC(C)(C)N(C)c2cc(C)c(/C=C(\C#N)C(=O)N3CCOCC3)cc21. The van der Waals surface area contributed by atoms with E-state index in [4.69, 9.17) is 4.74 Å². The van der Waals surface area contributed by atoms with Crippen molar-refractivity contribution in [2.24, 2.45) is 0 Å². The van der Waals surface area contributed by atoms with Gasteiger partial charge in [-0.3, -0.25) is 4.79 Å². The number of rotatable bonds is 2. The van der Waals surface area contributed by atoms with E-state index in [9.17, 15) is 10.1 Å². The number of likely N-dealkylation sites (N-methyl/N-ethyl adjacent to an activating group) is 1. The van der Waals surface area contributed by atoms with E-state index in [1.54, 1.807) is 11.0 Å². The smallest absolute Gasteiger partial charge is 0.264 e. The Balaban J connectivity index is 2.00. The molecule has 5 heteroatoms. The molecule has 1 fully saturated rings. The predicted octanol–water partition coefficient (Wildman–Crippen LogP) is 3.39. The monoisotopic (exact) mass is 365 g/mol. The number of carbonyl (C=O) groups excluding carboxylic acids is 1. The summed E-state index contributed by atoms with van der Waals surface area (Å²) in [5.74, 6) is -0.219. The number of carbonyl (C=O) groups is 1. The number of anilines is 1. The highest BCUT2D eigenvalue weighted by atomic mass is 16.5. The van der Waals surface area contributed by atoms with Crippen molar-refractivity contribution < 1.29 is 9.53 Å². The van der Waals surface area contributed by atoms with Crippen LogP contribution in [0.15, 0.2) is 23.8 Å². The van der Waals surface area contributed by atoms with Gasteiger partial charge in [0, 0.05) is 31.4 Å². The van der Waals surface area contributed by atoms with Gasteiger partial charge in [0.2, 0.25) is 0 Å². The van der Waals surface area contributed by atoms with Gasteiger partial charge < -0.3 is 14.5 Å². The zero-order chi connectivity index (χ0) is 19.8. The van der Waals surface area contributed by atoms with Gasteiger partial charge in [0.1, 0.15) is 11.6 Å². The molecule has 0 unspecified atom stereocenters. The van der Waals surface area contributed by atoms with Gasteiger partial charge in [-0.2, -0.15) is 5.26 Å². The molecule has 0 atom stereocenters. The fourth-order valence-electron chi connectivity index (χ4n) is 3.71. The Morgan fingerprint density at radius 3 is 2.56 bits per heavy atom. The first-order chi connectivity index (χ1) is 12.7. The molecule has 3 rings (SSSR count). The standard InChI is InChI=1S/C22H27N3O2/c1-15-10-20-19(16(2)13-22(3,4)24(20)5)12-17(15)11-18(14-23)21(26)25-6-8-27-9-7-25/h10-13H,6-9H2,1-5H3/b18-11+. The fourth-order valence-corrected chi connectivity index (χ4v) is 3.71. The molecule has 0 saturated carbocycles. The lowest BCUT2D eigenvalue weighted by Gasteiger charge is -2.41. The number of benzene rings is 1. The molecular weight excluding hydrogens is 338 g/mol. The van der Waals surface area contributed by atoms with Crippen LogP contribution in [0.3, 0.4) is 0 Å². The van der Waals surface area contributed by atoms with E-state index in [-0.39, 0.29) is 17.0 Å². The zero-order valence-electron chi connectivity index (χ0n) is 16.8. The zero-order valence-corrected chi connectivity index (χ0v) is 16.8. The van der Waals surface area contributed by atoms with Crippen LogP contribution >= 0.6 is 0 Å². The third-order valence-corrected chi connectivity index (χ3v) is 5.55. The third-order valence-electron chi connectivity index (χ3n) is 5.55. The van der Waals surface area contributed by atoms with Crippen molar-refractivity contribution in [3.8, 4) is 6.07 Å². The quantitative estimate of drug-likeness (QED) is 0.595. The van der Waals surface area contributed by atoms with Crippen molar-refractivity contribution in [2.45, 2.75) is 33.2 Å². The van der Waals surface area contributed by atoms with Gasteiger partial charge in [-0.05, 0) is 62.6 Å². The molecule has 1 amide bonds. The van der Waals surface area contributed by atoms with Crippen LogP contribution in [0.4, 0.5) is 5.69 Å². The lowest BCUT2D eigenvalue weighted by molar-refractivity contribution is -0.130. The molecular formula is C22H27N3O2. The van der Waals surface area contributed by atoms with Crippen LogP contribution in [0.1, 0.15) is 37.5 Å². The number of amides is 1. The Labute approximate surface area is 161 Å². The first-order valence-electron chi connectivity index (χ1n) is 9.31. The normalized spacial score (nSPS) is 19.3. The van der Waals surface area contributed by atoms with Gasteiger partial charge in [-0.1, -0.05) is 6.08 Å². The second kappa shape index (κ2) is 7.21. The number of nitriles is 1. The van der Waals surface area contributed by atoms with Crippen LogP contribution in [0.2, 0.25) is 0 Å². The number of aryl methyl sites for hydroxylation is 1. The number of fused-ring (bicyclic) bond motifs is 1. The van der Waals surface area contributed by atoms with Gasteiger partial charge in [-0.25, -0.2) is 0 Å². The summed E-state index contributed by atoms with van der Waals surface area (Å²) in [5, 5.41) is 9.56. The van der Waals surface area contributed by atoms with Gasteiger partial charge in [0.15, 0.2) is 0 Å². The third kappa shape index (κ3) is 3.63. The Morgan fingerprint density at radius 1 is 1.26 bits per heavy atom. The van der Waals surface area contributed by atoms with E-state index >= 15 is 0 Å². The van der Waals surface area contributed by atoms with Crippen molar-refractivity contribution in [1.82, 2.24) is 4.90 Å². The fraction of sp³-hybridized carbons (Fsp3) is 0.455. The highest BCUT2D eigenvalue weighted by Gasteiger charge is 2.29. The number of morpholine rings is 1. The summed E-state index contributed by atoms with van der Waals surface area (Å²) in [4.78, 5) is 16.6. The summed E-state index contributed by atoms with van der Waals surface area (Å²) in [6, 6.07) is 6.33. The minimum absolute atomic E-state index is 0.0506. The summed E-state index contributed by atoms with van der Waals surface area (Å²) in [6.45, 7) is 10.6. The minimum atomic E-state index is -0.219. The number of nitrogens with zero attached hydrogens (tertiary/aromatic N) is 3. The molecule has 0 bridgehead atoms. The molecule has 5 nitrogen and oxygen atoms in total. The van der Waals surface area contributed by atoms with Crippen LogP contribution in [0.5, 0.6) is 0 Å². The molecule has 0 aliphatic carbocycles. The Kier molecular flexibility index (Phi) is 5.12. The Morgan fingerprint density at radius 2 is 1.93 bits per heavy atom. The molecule has 142 valence electrons. The molecule has 1 saturated heterocycles. The highest BCUT2D eigenvalue weighted by Crippen LogP contribution is 2.39. The average Bonchev–Trinajstić information content (AvgIpc) is 2.65. The van der Waals surface area contributed by atoms with E-state index < -0.39 is 0 Å². The van der Waals surface area contributed by atoms with Crippen LogP contribution in [-0.2, 0) is 9.53 Å². The predicted molar refractivity (Wildman–Crippen MR) is 108 cm³/mol. The van der Waals surface area contributed by atoms with Gasteiger partial charge in [-0.15, -0.1) is 0 Å². The highest BCUT2D eigenvalue weighted by molar-refractivity contribution is 6.02. The molecule has 27 heavy (non-hydrogen) atoms. The number of allylic oxidation sites excluding steroid dienone is 1. The lowest BCUT2D eigenvalue weighted by atomic mass is 9.87. The molecule has 2 aliphatic rings. The van der Waals surface area contributed by atoms with Crippen molar-refractivity contribution in [3.63, 3.8) is 0 Å². The van der Waals surface area contributed by atoms with E-state index in [0.717, 1.165) is 16.7 Å². The first-order valence-corrected chi connectivity index (χ1v) is 9.31. The summed E-state index contributed by atoms with van der Waals surface area (Å²) in [5.41, 5.74) is 5.61. The van der Waals surface area contributed by atoms with Crippen molar-refractivity contribution in [1.29, 1.82) is 5.26 Å². The molecule has 0 aromatic heterocycles. The Bertz CT molecular complexity index is 868. The maximum absolute atomic E-state index is 12.7. The van der Waals surface area contributed by atoms with Crippen molar-refractivity contribution in [3.05, 3.63) is 40.5 Å². The van der Waals surface area contributed by atoms with E-state index in [1.165, 1.54) is 11.3 Å². The second-order valence-electron chi connectivity index (χ2n) is 7.84. The molecule has 2 heterocycles. The lowest BCUT2D eigenvalue weighted by Crippen LogP contribution is -2.42. The first kappa shape index (κ1) is 19.2. The van der Waals surface area contributed by atoms with Gasteiger partial charge >= 0.3 is 0 Å². The maximum Gasteiger partial charge on any atom is 0.264 e. The van der Waals surface area contributed by atoms with E-state index in [2.05, 4.69) is 57.0 Å². The van der Waals surface area contributed by atoms with Crippen molar-refractivity contribution >= 4 is 23.2 Å². The van der Waals surface area contributed by atoms with Crippen LogP contribution < -0.4 is 4.90 Å². The molecule has 1 aromatic carbocycles. The van der Waals surface area contributed by atoms with Crippen LogP contribution in [-0.4, -0.2) is 49.7 Å². The maximum atomic E-state index is 12.7. The molecule has 2 aliphatic heterocycles. The van der Waals surface area contributed by atoms with Crippen LogP contribution in [0, 0.1) is 18.3 Å². The number of ether oxygens (including phenoxy) is 1. The average molecular weight is 365 g/mol. The molecule has 0 radical (unpaired) electrons.